The molecule has 0 aliphatic heterocycles. The quantitative estimate of drug-likeness (QED) is 0.319. The van der Waals surface area contributed by atoms with Crippen molar-refractivity contribution in [2.45, 2.75) is 0 Å². The van der Waals surface area contributed by atoms with Gasteiger partial charge in [-0.3, -0.25) is 9.38 Å². The molecule has 0 aliphatic carbocycles. The van der Waals surface area contributed by atoms with Crippen molar-refractivity contribution in [3.63, 3.8) is 0 Å². The van der Waals surface area contributed by atoms with Gasteiger partial charge in [-0.1, -0.05) is 42.5 Å². The first kappa shape index (κ1) is 15.7. The molecule has 0 spiro atoms. The lowest BCUT2D eigenvalue weighted by Gasteiger charge is -2.10. The standard InChI is InChI=1S/C26H16N4/c1-2-7-17(8-3-1)30-22-11-5-4-9-18(22)20-15-23-21(16-24(20)30)19-10-6-12-27-25(19)26-28-13-14-29(23)26/h1-16H. The summed E-state index contributed by atoms with van der Waals surface area (Å²) >= 11 is 0. The van der Waals surface area contributed by atoms with Crippen LogP contribution in [0.4, 0.5) is 0 Å². The van der Waals surface area contributed by atoms with Crippen LogP contribution >= 0.6 is 0 Å². The molecular weight excluding hydrogens is 368 g/mol. The van der Waals surface area contributed by atoms with E-state index in [0.717, 1.165) is 27.8 Å². The minimum Gasteiger partial charge on any atom is -0.309 e. The van der Waals surface area contributed by atoms with Crippen molar-refractivity contribution in [1.82, 2.24) is 18.9 Å². The van der Waals surface area contributed by atoms with E-state index in [4.69, 9.17) is 0 Å². The first-order chi connectivity index (χ1) is 14.9. The van der Waals surface area contributed by atoms with Crippen LogP contribution in [0, 0.1) is 0 Å². The van der Waals surface area contributed by atoms with Crippen molar-refractivity contribution in [2.75, 3.05) is 0 Å². The maximum Gasteiger partial charge on any atom is 0.163 e. The molecular formula is C26H16N4. The van der Waals surface area contributed by atoms with E-state index < -0.39 is 0 Å². The summed E-state index contributed by atoms with van der Waals surface area (Å²) in [7, 11) is 0. The molecule has 4 heterocycles. The summed E-state index contributed by atoms with van der Waals surface area (Å²) in [4.78, 5) is 9.23. The lowest BCUT2D eigenvalue weighted by molar-refractivity contribution is 1.18. The van der Waals surface area contributed by atoms with E-state index in [1.165, 1.54) is 27.2 Å². The number of pyridine rings is 2. The molecule has 140 valence electrons. The molecule has 4 aromatic heterocycles. The van der Waals surface area contributed by atoms with Crippen LogP contribution in [0.1, 0.15) is 0 Å². The van der Waals surface area contributed by atoms with Gasteiger partial charge in [-0.25, -0.2) is 4.98 Å². The molecule has 4 nitrogen and oxygen atoms in total. The predicted octanol–water partition coefficient (Wildman–Crippen LogP) is 6.13. The summed E-state index contributed by atoms with van der Waals surface area (Å²) in [5, 5.41) is 4.78. The van der Waals surface area contributed by atoms with Gasteiger partial charge in [0.25, 0.3) is 0 Å². The number of nitrogens with zero attached hydrogens (tertiary/aromatic N) is 4. The Hall–Kier alpha value is -4.18. The Morgan fingerprint density at radius 1 is 0.567 bits per heavy atom. The zero-order valence-corrected chi connectivity index (χ0v) is 16.0. The van der Waals surface area contributed by atoms with Gasteiger partial charge in [0.05, 0.1) is 16.6 Å². The van der Waals surface area contributed by atoms with Gasteiger partial charge in [-0.15, -0.1) is 0 Å². The van der Waals surface area contributed by atoms with Gasteiger partial charge in [-0.05, 0) is 36.4 Å². The molecule has 0 saturated carbocycles. The van der Waals surface area contributed by atoms with Crippen molar-refractivity contribution >= 4 is 49.3 Å². The van der Waals surface area contributed by atoms with Crippen molar-refractivity contribution in [1.29, 1.82) is 0 Å². The normalized spacial score (nSPS) is 12.0. The summed E-state index contributed by atoms with van der Waals surface area (Å²) in [6, 6.07) is 27.9. The molecule has 0 unspecified atom stereocenters. The van der Waals surface area contributed by atoms with E-state index in [-0.39, 0.29) is 0 Å². The molecule has 0 amide bonds. The minimum atomic E-state index is 0.893. The second kappa shape index (κ2) is 5.67. The van der Waals surface area contributed by atoms with Gasteiger partial charge in [-0.2, -0.15) is 0 Å². The van der Waals surface area contributed by atoms with Gasteiger partial charge in [0.15, 0.2) is 5.65 Å². The maximum absolute atomic E-state index is 4.64. The van der Waals surface area contributed by atoms with Crippen LogP contribution in [0.25, 0.3) is 54.9 Å². The number of benzene rings is 3. The van der Waals surface area contributed by atoms with Crippen LogP contribution in [0.2, 0.25) is 0 Å². The van der Waals surface area contributed by atoms with Crippen molar-refractivity contribution < 1.29 is 0 Å². The van der Waals surface area contributed by atoms with Crippen LogP contribution < -0.4 is 0 Å². The second-order valence-electron chi connectivity index (χ2n) is 7.60. The van der Waals surface area contributed by atoms with Gasteiger partial charge in [0.2, 0.25) is 0 Å². The average molecular weight is 384 g/mol. The molecule has 0 aliphatic rings. The molecule has 0 bridgehead atoms. The number of aromatic nitrogens is 4. The molecule has 30 heavy (non-hydrogen) atoms. The smallest absolute Gasteiger partial charge is 0.163 e. The van der Waals surface area contributed by atoms with Crippen molar-refractivity contribution in [2.24, 2.45) is 0 Å². The van der Waals surface area contributed by atoms with Gasteiger partial charge >= 0.3 is 0 Å². The lowest BCUT2D eigenvalue weighted by Crippen LogP contribution is -1.95. The van der Waals surface area contributed by atoms with Gasteiger partial charge < -0.3 is 4.57 Å². The number of fused-ring (bicyclic) bond motifs is 9. The second-order valence-corrected chi connectivity index (χ2v) is 7.60. The highest BCUT2D eigenvalue weighted by Gasteiger charge is 2.16. The summed E-state index contributed by atoms with van der Waals surface area (Å²) in [6.07, 6.45) is 5.71. The number of hydrogen-bond acceptors (Lipinski definition) is 2. The Balaban J connectivity index is 1.78. The van der Waals surface area contributed by atoms with Crippen molar-refractivity contribution in [3.05, 3.63) is 97.5 Å². The Labute approximate surface area is 171 Å². The molecule has 0 radical (unpaired) electrons. The number of hydrogen-bond donors (Lipinski definition) is 0. The third-order valence-electron chi connectivity index (χ3n) is 6.01. The molecule has 7 rings (SSSR count). The Morgan fingerprint density at radius 3 is 2.27 bits per heavy atom. The zero-order chi connectivity index (χ0) is 19.7. The molecule has 0 fully saturated rings. The molecule has 0 saturated heterocycles. The van der Waals surface area contributed by atoms with Crippen molar-refractivity contribution in [3.8, 4) is 5.69 Å². The summed E-state index contributed by atoms with van der Waals surface area (Å²) in [5.41, 5.74) is 6.53. The predicted molar refractivity (Wildman–Crippen MR) is 122 cm³/mol. The topological polar surface area (TPSA) is 35.1 Å². The van der Waals surface area contributed by atoms with Crippen LogP contribution in [-0.4, -0.2) is 18.9 Å². The van der Waals surface area contributed by atoms with E-state index in [1.807, 2.05) is 24.7 Å². The highest BCUT2D eigenvalue weighted by atomic mass is 15.0. The summed E-state index contributed by atoms with van der Waals surface area (Å²) < 4.78 is 4.50. The third kappa shape index (κ3) is 1.95. The van der Waals surface area contributed by atoms with E-state index in [1.54, 1.807) is 0 Å². The lowest BCUT2D eigenvalue weighted by atomic mass is 10.1. The monoisotopic (exact) mass is 384 g/mol. The van der Waals surface area contributed by atoms with Crippen LogP contribution in [0.15, 0.2) is 97.5 Å². The molecule has 0 N–H and O–H groups in total. The largest absolute Gasteiger partial charge is 0.309 e. The first-order valence-corrected chi connectivity index (χ1v) is 10.0. The Kier molecular flexibility index (Phi) is 2.97. The minimum absolute atomic E-state index is 0.893. The van der Waals surface area contributed by atoms with E-state index >= 15 is 0 Å². The molecule has 4 heteroatoms. The van der Waals surface area contributed by atoms with E-state index in [9.17, 15) is 0 Å². The molecule has 7 aromatic rings. The maximum atomic E-state index is 4.64. The summed E-state index contributed by atoms with van der Waals surface area (Å²) in [6.45, 7) is 0. The van der Waals surface area contributed by atoms with E-state index in [2.05, 4.69) is 91.7 Å². The fraction of sp³-hybridized carbons (Fsp3) is 0. The molecule has 3 aromatic carbocycles. The number of para-hydroxylation sites is 2. The van der Waals surface area contributed by atoms with Crippen LogP contribution in [-0.2, 0) is 0 Å². The Morgan fingerprint density at radius 2 is 1.33 bits per heavy atom. The first-order valence-electron chi connectivity index (χ1n) is 10.0. The SMILES string of the molecule is c1ccc(-n2c3ccccc3c3cc4c(cc32)c2cccnc2c2nccn42)cc1. The fourth-order valence-corrected chi connectivity index (χ4v) is 4.75. The Bertz CT molecular complexity index is 1740. The van der Waals surface area contributed by atoms with E-state index in [0.29, 0.717) is 0 Å². The average Bonchev–Trinajstić information content (AvgIpc) is 3.42. The highest BCUT2D eigenvalue weighted by molar-refractivity contribution is 6.18. The number of rotatable bonds is 1. The number of imidazole rings is 1. The van der Waals surface area contributed by atoms with Crippen LogP contribution in [0.5, 0.6) is 0 Å². The zero-order valence-electron chi connectivity index (χ0n) is 16.0. The third-order valence-corrected chi connectivity index (χ3v) is 6.01. The summed E-state index contributed by atoms with van der Waals surface area (Å²) in [5.74, 6) is 0. The molecule has 0 atom stereocenters. The highest BCUT2D eigenvalue weighted by Crippen LogP contribution is 2.37. The fourth-order valence-electron chi connectivity index (χ4n) is 4.75. The van der Waals surface area contributed by atoms with Gasteiger partial charge in [0.1, 0.15) is 5.52 Å². The van der Waals surface area contributed by atoms with Crippen LogP contribution in [0.3, 0.4) is 0 Å². The van der Waals surface area contributed by atoms with Gasteiger partial charge in [0, 0.05) is 45.8 Å².